The molecule has 0 amide bonds. The van der Waals surface area contributed by atoms with E-state index in [9.17, 15) is 13.2 Å². The quantitative estimate of drug-likeness (QED) is 0.733. The fourth-order valence-corrected chi connectivity index (χ4v) is 0.916. The summed E-state index contributed by atoms with van der Waals surface area (Å²) in [6.07, 6.45) is -2.33. The zero-order valence-corrected chi connectivity index (χ0v) is 9.85. The van der Waals surface area contributed by atoms with Gasteiger partial charge < -0.3 is 4.74 Å². The minimum Gasteiger partial charge on any atom is -0.404 e. The third kappa shape index (κ3) is 6.27. The maximum atomic E-state index is 11.8. The number of nitrogens with zero attached hydrogens (tertiary/aromatic N) is 1. The summed E-state index contributed by atoms with van der Waals surface area (Å²) >= 11 is 0. The average molecular weight is 235 g/mol. The van der Waals surface area contributed by atoms with Gasteiger partial charge in [0.25, 0.3) is 0 Å². The Morgan fingerprint density at radius 3 is 2.12 bits per heavy atom. The second-order valence-corrected chi connectivity index (χ2v) is 3.35. The highest BCUT2D eigenvalue weighted by Crippen LogP contribution is 2.25. The molecule has 1 aromatic rings. The zero-order chi connectivity index (χ0) is 12.8. The molecule has 1 heterocycles. The van der Waals surface area contributed by atoms with Crippen LogP contribution in [-0.4, -0.2) is 11.3 Å². The van der Waals surface area contributed by atoms with E-state index < -0.39 is 6.36 Å². The smallest absolute Gasteiger partial charge is 0.404 e. The van der Waals surface area contributed by atoms with Crippen LogP contribution in [0.1, 0.15) is 31.5 Å². The number of alkyl halides is 3. The fourth-order valence-electron chi connectivity index (χ4n) is 0.916. The highest BCUT2D eigenvalue weighted by Gasteiger charge is 2.31. The van der Waals surface area contributed by atoms with Gasteiger partial charge in [-0.1, -0.05) is 20.3 Å². The van der Waals surface area contributed by atoms with E-state index in [0.717, 1.165) is 6.20 Å². The molecule has 0 radical (unpaired) electrons. The zero-order valence-electron chi connectivity index (χ0n) is 9.85. The Labute approximate surface area is 93.5 Å². The van der Waals surface area contributed by atoms with Crippen LogP contribution in [0.5, 0.6) is 5.75 Å². The van der Waals surface area contributed by atoms with Crippen LogP contribution in [0.3, 0.4) is 0 Å². The van der Waals surface area contributed by atoms with E-state index in [1.54, 1.807) is 6.92 Å². The number of aryl methyl sites for hydroxylation is 2. The van der Waals surface area contributed by atoms with Crippen molar-refractivity contribution in [2.24, 2.45) is 0 Å². The lowest BCUT2D eigenvalue weighted by Gasteiger charge is -2.10. The molecular weight excluding hydrogens is 219 g/mol. The third-order valence-electron chi connectivity index (χ3n) is 1.43. The minimum atomic E-state index is -4.65. The molecule has 0 N–H and O–H groups in total. The Morgan fingerprint density at radius 2 is 1.75 bits per heavy atom. The summed E-state index contributed by atoms with van der Waals surface area (Å²) in [5, 5.41) is 0. The molecule has 0 saturated carbocycles. The lowest BCUT2D eigenvalue weighted by Crippen LogP contribution is -2.18. The first-order valence-corrected chi connectivity index (χ1v) is 4.99. The van der Waals surface area contributed by atoms with Crippen LogP contribution in [0.4, 0.5) is 13.2 Å². The van der Waals surface area contributed by atoms with Crippen molar-refractivity contribution in [1.29, 1.82) is 0 Å². The van der Waals surface area contributed by atoms with Crippen molar-refractivity contribution in [3.8, 4) is 5.75 Å². The number of pyridine rings is 1. The fraction of sp³-hybridized carbons (Fsp3) is 0.545. The second kappa shape index (κ2) is 6.35. The first-order chi connectivity index (χ1) is 7.30. The van der Waals surface area contributed by atoms with Gasteiger partial charge in [-0.05, 0) is 25.5 Å². The maximum absolute atomic E-state index is 11.8. The Bertz CT molecular complexity index is 323. The molecule has 0 saturated heterocycles. The van der Waals surface area contributed by atoms with Crippen LogP contribution < -0.4 is 4.74 Å². The maximum Gasteiger partial charge on any atom is 0.573 e. The van der Waals surface area contributed by atoms with Crippen molar-refractivity contribution in [3.63, 3.8) is 0 Å². The van der Waals surface area contributed by atoms with Crippen molar-refractivity contribution >= 4 is 0 Å². The van der Waals surface area contributed by atoms with Crippen LogP contribution >= 0.6 is 0 Å². The van der Waals surface area contributed by atoms with Gasteiger partial charge in [-0.25, -0.2) is 0 Å². The highest BCUT2D eigenvalue weighted by molar-refractivity contribution is 5.30. The topological polar surface area (TPSA) is 22.1 Å². The summed E-state index contributed by atoms with van der Waals surface area (Å²) < 4.78 is 39.0. The third-order valence-corrected chi connectivity index (χ3v) is 1.43. The molecule has 0 fully saturated rings. The summed E-state index contributed by atoms with van der Waals surface area (Å²) in [4.78, 5) is 3.70. The van der Waals surface area contributed by atoms with Crippen molar-refractivity contribution < 1.29 is 17.9 Å². The average Bonchev–Trinajstić information content (AvgIpc) is 2.09. The lowest BCUT2D eigenvalue weighted by molar-refractivity contribution is -0.275. The Kier molecular flexibility index (Phi) is 5.85. The summed E-state index contributed by atoms with van der Waals surface area (Å²) in [6.45, 7) is 7.49. The molecule has 0 aliphatic carbocycles. The molecule has 0 bridgehead atoms. The van der Waals surface area contributed by atoms with E-state index in [1.165, 1.54) is 19.4 Å². The molecule has 1 rings (SSSR count). The SMILES string of the molecule is CCC.Cc1cc(C)c(OC(F)(F)F)cn1. The molecule has 5 heteroatoms. The Hall–Kier alpha value is -1.26. The molecule has 16 heavy (non-hydrogen) atoms. The van der Waals surface area contributed by atoms with Crippen LogP contribution in [0.2, 0.25) is 0 Å². The van der Waals surface area contributed by atoms with Gasteiger partial charge in [-0.3, -0.25) is 4.98 Å². The van der Waals surface area contributed by atoms with Gasteiger partial charge in [-0.15, -0.1) is 13.2 Å². The lowest BCUT2D eigenvalue weighted by atomic mass is 10.2. The molecular formula is C11H16F3NO. The summed E-state index contributed by atoms with van der Waals surface area (Å²) in [6, 6.07) is 1.53. The molecule has 0 aliphatic heterocycles. The van der Waals surface area contributed by atoms with Gasteiger partial charge in [0.2, 0.25) is 0 Å². The molecule has 0 aliphatic rings. The van der Waals surface area contributed by atoms with Crippen LogP contribution in [0.25, 0.3) is 0 Å². The van der Waals surface area contributed by atoms with Gasteiger partial charge in [-0.2, -0.15) is 0 Å². The predicted octanol–water partition coefficient (Wildman–Crippen LogP) is 4.01. The van der Waals surface area contributed by atoms with Gasteiger partial charge in [0.1, 0.15) is 0 Å². The first-order valence-electron chi connectivity index (χ1n) is 4.99. The molecule has 0 atom stereocenters. The molecule has 0 unspecified atom stereocenters. The van der Waals surface area contributed by atoms with Crippen molar-refractivity contribution in [1.82, 2.24) is 4.98 Å². The van der Waals surface area contributed by atoms with Gasteiger partial charge in [0.15, 0.2) is 5.75 Å². The van der Waals surface area contributed by atoms with E-state index in [2.05, 4.69) is 23.6 Å². The second-order valence-electron chi connectivity index (χ2n) is 3.35. The summed E-state index contributed by atoms with van der Waals surface area (Å²) in [5.41, 5.74) is 1.08. The van der Waals surface area contributed by atoms with Crippen LogP contribution in [0, 0.1) is 13.8 Å². The largest absolute Gasteiger partial charge is 0.573 e. The normalized spacial score (nSPS) is 10.4. The van der Waals surface area contributed by atoms with Crippen molar-refractivity contribution in [3.05, 3.63) is 23.5 Å². The molecule has 1 aromatic heterocycles. The summed E-state index contributed by atoms with van der Waals surface area (Å²) in [7, 11) is 0. The number of rotatable bonds is 1. The number of hydrogen-bond donors (Lipinski definition) is 0. The predicted molar refractivity (Wildman–Crippen MR) is 56.4 cm³/mol. The van der Waals surface area contributed by atoms with Crippen molar-refractivity contribution in [2.75, 3.05) is 0 Å². The van der Waals surface area contributed by atoms with Gasteiger partial charge >= 0.3 is 6.36 Å². The standard InChI is InChI=1S/C8H8F3NO.C3H8/c1-5-3-6(2)12-4-7(5)13-8(9,10)11;1-3-2/h3-4H,1-2H3;3H2,1-2H3. The Balaban J connectivity index is 0.000000673. The van der Waals surface area contributed by atoms with Gasteiger partial charge in [0.05, 0.1) is 6.20 Å². The highest BCUT2D eigenvalue weighted by atomic mass is 19.4. The minimum absolute atomic E-state index is 0.252. The van der Waals surface area contributed by atoms with Crippen LogP contribution in [-0.2, 0) is 0 Å². The van der Waals surface area contributed by atoms with E-state index in [1.807, 2.05) is 0 Å². The first kappa shape index (κ1) is 14.7. The molecule has 0 spiro atoms. The van der Waals surface area contributed by atoms with E-state index >= 15 is 0 Å². The number of hydrogen-bond acceptors (Lipinski definition) is 2. The van der Waals surface area contributed by atoms with Gasteiger partial charge in [0, 0.05) is 5.69 Å². The van der Waals surface area contributed by atoms with E-state index in [-0.39, 0.29) is 5.75 Å². The van der Waals surface area contributed by atoms with E-state index in [0.29, 0.717) is 11.3 Å². The van der Waals surface area contributed by atoms with Crippen molar-refractivity contribution in [2.45, 2.75) is 40.5 Å². The van der Waals surface area contributed by atoms with E-state index in [4.69, 9.17) is 0 Å². The number of halogens is 3. The monoisotopic (exact) mass is 235 g/mol. The molecule has 0 aromatic carbocycles. The van der Waals surface area contributed by atoms with Crippen LogP contribution in [0.15, 0.2) is 12.3 Å². The number of ether oxygens (including phenoxy) is 1. The summed E-state index contributed by atoms with van der Waals surface area (Å²) in [5.74, 6) is -0.252. The number of aromatic nitrogens is 1. The molecule has 92 valence electrons. The molecule has 2 nitrogen and oxygen atoms in total. The Morgan fingerprint density at radius 1 is 1.25 bits per heavy atom.